The fourth-order valence-corrected chi connectivity index (χ4v) is 2.92. The Morgan fingerprint density at radius 3 is 2.82 bits per heavy atom. The molecule has 1 aromatic heterocycles. The molecule has 0 radical (unpaired) electrons. The van der Waals surface area contributed by atoms with Crippen molar-refractivity contribution in [1.82, 2.24) is 14.8 Å². The Kier molecular flexibility index (Phi) is 5.07. The van der Waals surface area contributed by atoms with Gasteiger partial charge in [-0.3, -0.25) is 0 Å². The van der Waals surface area contributed by atoms with E-state index in [1.165, 1.54) is 6.33 Å². The monoisotopic (exact) mass is 260 g/mol. The molecule has 0 saturated carbocycles. The fourth-order valence-electron chi connectivity index (χ4n) is 1.43. The number of nitrogens with zero attached hydrogens (tertiary/aromatic N) is 3. The van der Waals surface area contributed by atoms with Crippen LogP contribution in [0.2, 0.25) is 0 Å². The first kappa shape index (κ1) is 14.1. The molecular formula is C10H20N4O2S. The molecule has 0 saturated heterocycles. The first-order valence-corrected chi connectivity index (χ1v) is 7.59. The largest absolute Gasteiger partial charge is 0.328 e. The molecule has 0 spiro atoms. The number of aromatic nitrogens is 3. The Morgan fingerprint density at radius 2 is 2.24 bits per heavy atom. The highest BCUT2D eigenvalue weighted by Crippen LogP contribution is 2.06. The van der Waals surface area contributed by atoms with Crippen LogP contribution < -0.4 is 5.73 Å². The van der Waals surface area contributed by atoms with Gasteiger partial charge in [-0.1, -0.05) is 6.92 Å². The molecule has 6 nitrogen and oxygen atoms in total. The van der Waals surface area contributed by atoms with Gasteiger partial charge in [0.1, 0.15) is 17.9 Å². The van der Waals surface area contributed by atoms with Crippen LogP contribution >= 0.6 is 0 Å². The Hall–Kier alpha value is -0.950. The first-order valence-electron chi connectivity index (χ1n) is 5.77. The highest BCUT2D eigenvalue weighted by atomic mass is 32.2. The standard InChI is InChI=1S/C10H20N4O2S/c1-3-5-14-10(12-8-13-14)7-17(15,16)6-4-9(2)11/h8-9H,3-7,11H2,1-2H3. The van der Waals surface area contributed by atoms with Crippen molar-refractivity contribution in [2.75, 3.05) is 5.75 Å². The van der Waals surface area contributed by atoms with E-state index in [1.54, 1.807) is 11.6 Å². The lowest BCUT2D eigenvalue weighted by molar-refractivity contribution is 0.563. The lowest BCUT2D eigenvalue weighted by atomic mass is 10.3. The van der Waals surface area contributed by atoms with Gasteiger partial charge in [0.05, 0.1) is 5.75 Å². The number of sulfone groups is 1. The molecule has 0 aliphatic carbocycles. The SMILES string of the molecule is CCCn1ncnc1CS(=O)(=O)CCC(C)N. The van der Waals surface area contributed by atoms with E-state index in [0.717, 1.165) is 6.42 Å². The number of hydrogen-bond donors (Lipinski definition) is 1. The van der Waals surface area contributed by atoms with Gasteiger partial charge in [-0.25, -0.2) is 18.1 Å². The quantitative estimate of drug-likeness (QED) is 0.763. The molecule has 0 fully saturated rings. The summed E-state index contributed by atoms with van der Waals surface area (Å²) in [4.78, 5) is 3.99. The zero-order valence-electron chi connectivity index (χ0n) is 10.3. The molecule has 2 N–H and O–H groups in total. The summed E-state index contributed by atoms with van der Waals surface area (Å²) < 4.78 is 25.3. The molecule has 0 amide bonds. The van der Waals surface area contributed by atoms with Gasteiger partial charge >= 0.3 is 0 Å². The molecule has 0 aliphatic rings. The van der Waals surface area contributed by atoms with E-state index in [-0.39, 0.29) is 17.5 Å². The van der Waals surface area contributed by atoms with Crippen molar-refractivity contribution in [3.63, 3.8) is 0 Å². The van der Waals surface area contributed by atoms with Crippen molar-refractivity contribution in [2.45, 2.75) is 45.0 Å². The highest BCUT2D eigenvalue weighted by molar-refractivity contribution is 7.90. The lowest BCUT2D eigenvalue weighted by Crippen LogP contribution is -2.21. The van der Waals surface area contributed by atoms with Crippen LogP contribution in [-0.2, 0) is 22.1 Å². The van der Waals surface area contributed by atoms with Gasteiger partial charge in [-0.15, -0.1) is 0 Å². The molecular weight excluding hydrogens is 240 g/mol. The van der Waals surface area contributed by atoms with Crippen molar-refractivity contribution in [3.05, 3.63) is 12.2 Å². The predicted octanol–water partition coefficient (Wildman–Crippen LogP) is 0.340. The third-order valence-corrected chi connectivity index (χ3v) is 3.92. The van der Waals surface area contributed by atoms with Crippen LogP contribution in [0, 0.1) is 0 Å². The Balaban J connectivity index is 2.66. The van der Waals surface area contributed by atoms with Crippen LogP contribution in [0.3, 0.4) is 0 Å². The maximum atomic E-state index is 11.8. The molecule has 1 unspecified atom stereocenters. The van der Waals surface area contributed by atoms with Crippen LogP contribution in [0.5, 0.6) is 0 Å². The molecule has 1 atom stereocenters. The first-order chi connectivity index (χ1) is 7.94. The topological polar surface area (TPSA) is 90.9 Å². The summed E-state index contributed by atoms with van der Waals surface area (Å²) in [5, 5.41) is 4.00. The minimum absolute atomic E-state index is 0.0558. The normalized spacial score (nSPS) is 13.8. The number of rotatable bonds is 7. The van der Waals surface area contributed by atoms with Gasteiger partial charge in [-0.05, 0) is 19.8 Å². The lowest BCUT2D eigenvalue weighted by Gasteiger charge is -2.07. The van der Waals surface area contributed by atoms with Crippen molar-refractivity contribution >= 4 is 9.84 Å². The second-order valence-electron chi connectivity index (χ2n) is 4.26. The van der Waals surface area contributed by atoms with E-state index in [2.05, 4.69) is 10.1 Å². The molecule has 0 aliphatic heterocycles. The second kappa shape index (κ2) is 6.11. The summed E-state index contributed by atoms with van der Waals surface area (Å²) in [6.07, 6.45) is 2.77. The Bertz CT molecular complexity index is 439. The summed E-state index contributed by atoms with van der Waals surface area (Å²) in [7, 11) is -3.14. The molecule has 1 aromatic rings. The zero-order valence-corrected chi connectivity index (χ0v) is 11.2. The average Bonchev–Trinajstić information content (AvgIpc) is 2.63. The maximum Gasteiger partial charge on any atom is 0.157 e. The smallest absolute Gasteiger partial charge is 0.157 e. The summed E-state index contributed by atoms with van der Waals surface area (Å²) in [5.74, 6) is 0.556. The van der Waals surface area contributed by atoms with Crippen molar-refractivity contribution in [1.29, 1.82) is 0 Å². The number of hydrogen-bond acceptors (Lipinski definition) is 5. The van der Waals surface area contributed by atoms with Crippen LogP contribution in [0.1, 0.15) is 32.5 Å². The number of aryl methyl sites for hydroxylation is 1. The van der Waals surface area contributed by atoms with Gasteiger partial charge in [0, 0.05) is 12.6 Å². The van der Waals surface area contributed by atoms with Crippen LogP contribution in [-0.4, -0.2) is 35.0 Å². The fraction of sp³-hybridized carbons (Fsp3) is 0.800. The van der Waals surface area contributed by atoms with Gasteiger partial charge in [-0.2, -0.15) is 5.10 Å². The van der Waals surface area contributed by atoms with E-state index in [4.69, 9.17) is 5.73 Å². The maximum absolute atomic E-state index is 11.8. The zero-order chi connectivity index (χ0) is 12.9. The van der Waals surface area contributed by atoms with Crippen LogP contribution in [0.15, 0.2) is 6.33 Å². The predicted molar refractivity (Wildman–Crippen MR) is 66.1 cm³/mol. The van der Waals surface area contributed by atoms with E-state index in [1.807, 2.05) is 6.92 Å². The van der Waals surface area contributed by atoms with Crippen LogP contribution in [0.25, 0.3) is 0 Å². The van der Waals surface area contributed by atoms with E-state index in [9.17, 15) is 8.42 Å². The summed E-state index contributed by atoms with van der Waals surface area (Å²) in [5.41, 5.74) is 5.55. The minimum atomic E-state index is -3.14. The second-order valence-corrected chi connectivity index (χ2v) is 6.44. The third kappa shape index (κ3) is 4.82. The van der Waals surface area contributed by atoms with Crippen molar-refractivity contribution in [3.8, 4) is 0 Å². The van der Waals surface area contributed by atoms with E-state index < -0.39 is 9.84 Å². The molecule has 7 heteroatoms. The van der Waals surface area contributed by atoms with Gasteiger partial charge in [0.15, 0.2) is 9.84 Å². The summed E-state index contributed by atoms with van der Waals surface area (Å²) >= 11 is 0. The van der Waals surface area contributed by atoms with Crippen LogP contribution in [0.4, 0.5) is 0 Å². The third-order valence-electron chi connectivity index (χ3n) is 2.36. The van der Waals surface area contributed by atoms with Crippen molar-refractivity contribution in [2.24, 2.45) is 5.73 Å². The molecule has 0 aromatic carbocycles. The van der Waals surface area contributed by atoms with Crippen molar-refractivity contribution < 1.29 is 8.42 Å². The highest BCUT2D eigenvalue weighted by Gasteiger charge is 2.16. The molecule has 17 heavy (non-hydrogen) atoms. The Morgan fingerprint density at radius 1 is 1.53 bits per heavy atom. The van der Waals surface area contributed by atoms with Gasteiger partial charge < -0.3 is 5.73 Å². The van der Waals surface area contributed by atoms with E-state index in [0.29, 0.717) is 18.8 Å². The number of nitrogens with two attached hydrogens (primary N) is 1. The summed E-state index contributed by atoms with van der Waals surface area (Å²) in [6.45, 7) is 4.50. The minimum Gasteiger partial charge on any atom is -0.328 e. The average molecular weight is 260 g/mol. The molecule has 0 bridgehead atoms. The van der Waals surface area contributed by atoms with E-state index >= 15 is 0 Å². The van der Waals surface area contributed by atoms with Gasteiger partial charge in [0.25, 0.3) is 0 Å². The molecule has 1 rings (SSSR count). The molecule has 98 valence electrons. The Labute approximate surface area is 102 Å². The summed E-state index contributed by atoms with van der Waals surface area (Å²) in [6, 6.07) is -0.0988. The molecule has 1 heterocycles. The van der Waals surface area contributed by atoms with Gasteiger partial charge in [0.2, 0.25) is 0 Å².